The molecule has 9 heteroatoms. The van der Waals surface area contributed by atoms with Crippen molar-refractivity contribution in [3.05, 3.63) is 54.1 Å². The maximum absolute atomic E-state index is 12.6. The summed E-state index contributed by atoms with van der Waals surface area (Å²) in [4.78, 5) is 9.79. The van der Waals surface area contributed by atoms with Crippen molar-refractivity contribution in [1.29, 1.82) is 0 Å². The molecule has 4 rings (SSSR count). The minimum absolute atomic E-state index is 0.328. The van der Waals surface area contributed by atoms with Gasteiger partial charge in [0.15, 0.2) is 0 Å². The van der Waals surface area contributed by atoms with Gasteiger partial charge in [-0.25, -0.2) is 18.1 Å². The molecule has 1 fully saturated rings. The van der Waals surface area contributed by atoms with Crippen LogP contribution in [0.1, 0.15) is 44.1 Å². The fourth-order valence-corrected chi connectivity index (χ4v) is 5.79. The average Bonchev–Trinajstić information content (AvgIpc) is 2.89. The molecule has 0 bridgehead atoms. The largest absolute Gasteiger partial charge is 0.369 e. The number of nitrogens with zero attached hydrogens (tertiary/aromatic N) is 2. The molecule has 0 unspecified atom stereocenters. The molecule has 1 aliphatic rings. The molecule has 0 amide bonds. The van der Waals surface area contributed by atoms with Gasteiger partial charge in [-0.1, -0.05) is 29.8 Å². The first-order valence-electron chi connectivity index (χ1n) is 13.0. The zero-order valence-electron chi connectivity index (χ0n) is 21.0. The Morgan fingerprint density at radius 1 is 0.889 bits per heavy atom. The zero-order chi connectivity index (χ0) is 25.4. The van der Waals surface area contributed by atoms with E-state index in [9.17, 15) is 8.42 Å². The van der Waals surface area contributed by atoms with Gasteiger partial charge in [-0.3, -0.25) is 0 Å². The third-order valence-electron chi connectivity index (χ3n) is 6.94. The predicted molar refractivity (Wildman–Crippen MR) is 147 cm³/mol. The molecule has 2 aromatic carbocycles. The molecule has 0 spiro atoms. The van der Waals surface area contributed by atoms with Crippen molar-refractivity contribution in [3.63, 3.8) is 0 Å². The summed E-state index contributed by atoms with van der Waals surface area (Å²) in [6.07, 6.45) is 6.12. The summed E-state index contributed by atoms with van der Waals surface area (Å²) in [5.74, 6) is 2.38. The van der Waals surface area contributed by atoms with Gasteiger partial charge in [0.05, 0.1) is 10.4 Å². The molecule has 194 valence electrons. The zero-order valence-corrected chi connectivity index (χ0v) is 21.9. The first-order chi connectivity index (χ1) is 17.4. The van der Waals surface area contributed by atoms with E-state index in [1.165, 1.54) is 0 Å². The lowest BCUT2D eigenvalue weighted by Gasteiger charge is -2.28. The molecule has 36 heavy (non-hydrogen) atoms. The molecular weight excluding hydrogens is 472 g/mol. The van der Waals surface area contributed by atoms with Gasteiger partial charge >= 0.3 is 0 Å². The Morgan fingerprint density at radius 2 is 1.58 bits per heavy atom. The number of hydrogen-bond donors (Lipinski definition) is 4. The van der Waals surface area contributed by atoms with Gasteiger partial charge in [0.25, 0.3) is 0 Å². The molecule has 0 radical (unpaired) electrons. The maximum atomic E-state index is 12.6. The van der Waals surface area contributed by atoms with Crippen molar-refractivity contribution in [3.8, 4) is 0 Å². The Kier molecular flexibility index (Phi) is 9.12. The highest BCUT2D eigenvalue weighted by Gasteiger charge is 2.23. The average molecular weight is 511 g/mol. The van der Waals surface area contributed by atoms with E-state index in [1.807, 2.05) is 43.3 Å². The van der Waals surface area contributed by atoms with Crippen LogP contribution >= 0.6 is 0 Å². The Labute approximate surface area is 214 Å². The van der Waals surface area contributed by atoms with Crippen molar-refractivity contribution in [2.24, 2.45) is 17.6 Å². The fourth-order valence-electron chi connectivity index (χ4n) is 4.67. The molecule has 1 aromatic heterocycles. The standard InChI is InChI=1S/C27H38N6O2S/c1-20-8-14-23(15-9-20)36(34,35)31-19-22-12-10-21(11-13-22)18-30-27-32-25-7-3-2-6-24(25)26(33-27)29-17-5-4-16-28/h2-3,6-9,14-15,21-22,31H,4-5,10-13,16-19,28H2,1H3,(H2,29,30,32,33). The normalized spacial score (nSPS) is 18.3. The third kappa shape index (κ3) is 7.15. The Hall–Kier alpha value is -2.75. The van der Waals surface area contributed by atoms with Crippen LogP contribution in [0, 0.1) is 18.8 Å². The Balaban J connectivity index is 1.27. The lowest BCUT2D eigenvalue weighted by molar-refractivity contribution is 0.284. The number of hydrogen-bond acceptors (Lipinski definition) is 7. The first-order valence-corrected chi connectivity index (χ1v) is 14.4. The number of sulfonamides is 1. The molecule has 0 saturated heterocycles. The molecular formula is C27H38N6O2S. The van der Waals surface area contributed by atoms with Crippen LogP contribution in [0.2, 0.25) is 0 Å². The summed E-state index contributed by atoms with van der Waals surface area (Å²) < 4.78 is 28.0. The van der Waals surface area contributed by atoms with Gasteiger partial charge in [-0.05, 0) is 88.1 Å². The second-order valence-corrected chi connectivity index (χ2v) is 11.5. The quantitative estimate of drug-likeness (QED) is 0.268. The second kappa shape index (κ2) is 12.5. The summed E-state index contributed by atoms with van der Waals surface area (Å²) in [6.45, 7) is 4.77. The number of nitrogens with two attached hydrogens (primary N) is 1. The van der Waals surface area contributed by atoms with E-state index in [0.717, 1.165) is 73.9 Å². The van der Waals surface area contributed by atoms with Gasteiger partial charge in [-0.15, -0.1) is 0 Å². The van der Waals surface area contributed by atoms with Crippen molar-refractivity contribution in [2.75, 3.05) is 36.8 Å². The van der Waals surface area contributed by atoms with E-state index >= 15 is 0 Å². The first kappa shape index (κ1) is 26.3. The molecule has 8 nitrogen and oxygen atoms in total. The van der Waals surface area contributed by atoms with Gasteiger partial charge in [0.2, 0.25) is 16.0 Å². The summed E-state index contributed by atoms with van der Waals surface area (Å²) in [6, 6.07) is 15.0. The molecule has 0 atom stereocenters. The van der Waals surface area contributed by atoms with Crippen LogP contribution in [0.25, 0.3) is 10.9 Å². The number of nitrogens with one attached hydrogen (secondary N) is 3. The van der Waals surface area contributed by atoms with Gasteiger partial charge in [0.1, 0.15) is 5.82 Å². The number of anilines is 2. The number of para-hydroxylation sites is 1. The number of aryl methyl sites for hydroxylation is 1. The highest BCUT2D eigenvalue weighted by atomic mass is 32.2. The van der Waals surface area contributed by atoms with Gasteiger partial charge in [-0.2, -0.15) is 4.98 Å². The summed E-state index contributed by atoms with van der Waals surface area (Å²) in [5.41, 5.74) is 7.58. The van der Waals surface area contributed by atoms with Crippen LogP contribution in [-0.4, -0.2) is 44.6 Å². The van der Waals surface area contributed by atoms with Crippen LogP contribution < -0.4 is 21.1 Å². The van der Waals surface area contributed by atoms with Gasteiger partial charge in [0, 0.05) is 25.0 Å². The molecule has 1 saturated carbocycles. The number of rotatable bonds is 12. The topological polar surface area (TPSA) is 122 Å². The second-order valence-electron chi connectivity index (χ2n) is 9.77. The van der Waals surface area contributed by atoms with Crippen molar-refractivity contribution in [2.45, 2.75) is 50.3 Å². The van der Waals surface area contributed by atoms with E-state index in [4.69, 9.17) is 15.7 Å². The number of fused-ring (bicyclic) bond motifs is 1. The molecule has 0 aliphatic heterocycles. The van der Waals surface area contributed by atoms with Crippen molar-refractivity contribution < 1.29 is 8.42 Å². The van der Waals surface area contributed by atoms with Gasteiger partial charge < -0.3 is 16.4 Å². The molecule has 3 aromatic rings. The summed E-state index contributed by atoms with van der Waals surface area (Å²) in [5, 5.41) is 7.91. The van der Waals surface area contributed by atoms with E-state index < -0.39 is 10.0 Å². The smallest absolute Gasteiger partial charge is 0.240 e. The number of unbranched alkanes of at least 4 members (excludes halogenated alkanes) is 1. The lowest BCUT2D eigenvalue weighted by Crippen LogP contribution is -2.32. The molecule has 1 aliphatic carbocycles. The minimum atomic E-state index is -3.46. The molecule has 1 heterocycles. The van der Waals surface area contributed by atoms with E-state index in [0.29, 0.717) is 35.8 Å². The van der Waals surface area contributed by atoms with Crippen LogP contribution in [0.3, 0.4) is 0 Å². The summed E-state index contributed by atoms with van der Waals surface area (Å²) >= 11 is 0. The van der Waals surface area contributed by atoms with Crippen LogP contribution in [0.15, 0.2) is 53.4 Å². The lowest BCUT2D eigenvalue weighted by atomic mass is 9.82. The Bertz CT molecular complexity index is 1220. The molecule has 5 N–H and O–H groups in total. The van der Waals surface area contributed by atoms with E-state index in [-0.39, 0.29) is 0 Å². The van der Waals surface area contributed by atoms with E-state index in [2.05, 4.69) is 15.4 Å². The minimum Gasteiger partial charge on any atom is -0.369 e. The predicted octanol–water partition coefficient (Wildman–Crippen LogP) is 4.29. The van der Waals surface area contributed by atoms with Crippen molar-refractivity contribution >= 4 is 32.7 Å². The Morgan fingerprint density at radius 3 is 2.31 bits per heavy atom. The number of benzene rings is 2. The summed E-state index contributed by atoms with van der Waals surface area (Å²) in [7, 11) is -3.46. The van der Waals surface area contributed by atoms with Crippen LogP contribution in [0.4, 0.5) is 11.8 Å². The monoisotopic (exact) mass is 510 g/mol. The van der Waals surface area contributed by atoms with Crippen LogP contribution in [-0.2, 0) is 10.0 Å². The maximum Gasteiger partial charge on any atom is 0.240 e. The number of aromatic nitrogens is 2. The van der Waals surface area contributed by atoms with E-state index in [1.54, 1.807) is 12.1 Å². The van der Waals surface area contributed by atoms with Crippen LogP contribution in [0.5, 0.6) is 0 Å². The highest BCUT2D eigenvalue weighted by molar-refractivity contribution is 7.89. The third-order valence-corrected chi connectivity index (χ3v) is 8.37. The fraction of sp³-hybridized carbons (Fsp3) is 0.481. The SMILES string of the molecule is Cc1ccc(S(=O)(=O)NCC2CCC(CNc3nc(NCCCCN)c4ccccc4n3)CC2)cc1. The van der Waals surface area contributed by atoms with Crippen molar-refractivity contribution in [1.82, 2.24) is 14.7 Å². The highest BCUT2D eigenvalue weighted by Crippen LogP contribution is 2.29.